The number of rotatable bonds is 3. The van der Waals surface area contributed by atoms with Gasteiger partial charge in [-0.3, -0.25) is 0 Å². The van der Waals surface area contributed by atoms with E-state index < -0.39 is 10.0 Å². The zero-order valence-corrected chi connectivity index (χ0v) is 6.83. The Kier molecular flexibility index (Phi) is 3.14. The molecule has 3 nitrogen and oxygen atoms in total. The third-order valence-electron chi connectivity index (χ3n) is 1.03. The highest BCUT2D eigenvalue weighted by Crippen LogP contribution is 1.89. The van der Waals surface area contributed by atoms with Gasteiger partial charge in [-0.1, -0.05) is 6.92 Å². The minimum atomic E-state index is -2.99. The highest BCUT2D eigenvalue weighted by atomic mass is 32.2. The van der Waals surface area contributed by atoms with Gasteiger partial charge in [-0.25, -0.2) is 13.1 Å². The fourth-order valence-corrected chi connectivity index (χ4v) is 1.35. The molecule has 0 bridgehead atoms. The Morgan fingerprint density at radius 3 is 2.11 bits per heavy atom. The molecule has 0 rings (SSSR count). The van der Waals surface area contributed by atoms with Gasteiger partial charge in [0.2, 0.25) is 10.0 Å². The second-order valence-electron chi connectivity index (χ2n) is 2.20. The summed E-state index contributed by atoms with van der Waals surface area (Å²) in [5.74, 6) is 0. The normalized spacial score (nSPS) is 15.4. The highest BCUT2D eigenvalue weighted by Gasteiger charge is 2.04. The molecule has 56 valence electrons. The molecule has 0 heterocycles. The van der Waals surface area contributed by atoms with E-state index in [1.54, 1.807) is 0 Å². The molecule has 0 radical (unpaired) electrons. The molecule has 0 saturated carbocycles. The Morgan fingerprint density at radius 2 is 2.00 bits per heavy atom. The van der Waals surface area contributed by atoms with Gasteiger partial charge >= 0.3 is 0 Å². The second kappa shape index (κ2) is 3.17. The first kappa shape index (κ1) is 8.91. The van der Waals surface area contributed by atoms with Crippen molar-refractivity contribution in [1.29, 1.82) is 0 Å². The Balaban J connectivity index is 3.75. The Hall–Kier alpha value is -0.0900. The Bertz CT molecular complexity index is 162. The molecule has 9 heavy (non-hydrogen) atoms. The fourth-order valence-electron chi connectivity index (χ4n) is 0.449. The van der Waals surface area contributed by atoms with Crippen molar-refractivity contribution in [3.05, 3.63) is 0 Å². The molecule has 1 N–H and O–H groups in total. The molecule has 0 amide bonds. The van der Waals surface area contributed by atoms with E-state index in [-0.39, 0.29) is 6.04 Å². The third-order valence-corrected chi connectivity index (χ3v) is 1.86. The average molecular weight is 151 g/mol. The van der Waals surface area contributed by atoms with Gasteiger partial charge in [0.05, 0.1) is 6.26 Å². The lowest BCUT2D eigenvalue weighted by Crippen LogP contribution is -2.30. The van der Waals surface area contributed by atoms with E-state index in [0.717, 1.165) is 6.42 Å². The molecular weight excluding hydrogens is 138 g/mol. The van der Waals surface area contributed by atoms with E-state index in [2.05, 4.69) is 4.72 Å². The van der Waals surface area contributed by atoms with Crippen LogP contribution in [0.25, 0.3) is 0 Å². The van der Waals surface area contributed by atoms with Crippen LogP contribution in [0, 0.1) is 0 Å². The lowest BCUT2D eigenvalue weighted by Gasteiger charge is -2.07. The summed E-state index contributed by atoms with van der Waals surface area (Å²) in [5, 5.41) is 0. The lowest BCUT2D eigenvalue weighted by atomic mass is 10.3. The zero-order valence-electron chi connectivity index (χ0n) is 6.01. The van der Waals surface area contributed by atoms with Gasteiger partial charge in [-0.15, -0.1) is 0 Å². The molecule has 0 aliphatic rings. The molecule has 0 fully saturated rings. The van der Waals surface area contributed by atoms with Gasteiger partial charge in [-0.05, 0) is 13.3 Å². The summed E-state index contributed by atoms with van der Waals surface area (Å²) >= 11 is 0. The molecule has 0 aromatic heterocycles. The van der Waals surface area contributed by atoms with Crippen molar-refractivity contribution in [2.75, 3.05) is 6.26 Å². The summed E-state index contributed by atoms with van der Waals surface area (Å²) in [6.45, 7) is 3.77. The van der Waals surface area contributed by atoms with Crippen molar-refractivity contribution in [3.63, 3.8) is 0 Å². The number of sulfonamides is 1. The van der Waals surface area contributed by atoms with Crippen molar-refractivity contribution >= 4 is 10.0 Å². The minimum absolute atomic E-state index is 0.0556. The van der Waals surface area contributed by atoms with E-state index in [4.69, 9.17) is 0 Å². The Morgan fingerprint density at radius 1 is 1.56 bits per heavy atom. The number of nitrogens with one attached hydrogen (secondary N) is 1. The molecule has 0 aliphatic carbocycles. The molecular formula is C5H13NO2S. The van der Waals surface area contributed by atoms with E-state index in [1.807, 2.05) is 13.8 Å². The monoisotopic (exact) mass is 151 g/mol. The smallest absolute Gasteiger partial charge is 0.208 e. The van der Waals surface area contributed by atoms with Gasteiger partial charge in [0.1, 0.15) is 0 Å². The fraction of sp³-hybridized carbons (Fsp3) is 1.00. The summed E-state index contributed by atoms with van der Waals surface area (Å²) in [6.07, 6.45) is 1.99. The van der Waals surface area contributed by atoms with Crippen LogP contribution < -0.4 is 4.72 Å². The molecule has 0 aromatic rings. The van der Waals surface area contributed by atoms with Crippen LogP contribution in [0.3, 0.4) is 0 Å². The van der Waals surface area contributed by atoms with Crippen LogP contribution >= 0.6 is 0 Å². The summed E-state index contributed by atoms with van der Waals surface area (Å²) < 4.78 is 23.4. The van der Waals surface area contributed by atoms with Crippen LogP contribution in [-0.4, -0.2) is 20.7 Å². The van der Waals surface area contributed by atoms with Gasteiger partial charge in [0, 0.05) is 6.04 Å². The van der Waals surface area contributed by atoms with Crippen molar-refractivity contribution < 1.29 is 8.42 Å². The third kappa shape index (κ3) is 5.79. The SMILES string of the molecule is CC[C@@H](C)NS(C)(=O)=O. The standard InChI is InChI=1S/C5H13NO2S/c1-4-5(2)6-9(3,7)8/h5-6H,4H2,1-3H3/t5-/m1/s1. The van der Waals surface area contributed by atoms with Crippen LogP contribution in [0.15, 0.2) is 0 Å². The summed E-state index contributed by atoms with van der Waals surface area (Å²) in [5.41, 5.74) is 0. The first-order valence-corrected chi connectivity index (χ1v) is 4.82. The number of hydrogen-bond acceptors (Lipinski definition) is 2. The van der Waals surface area contributed by atoms with E-state index in [9.17, 15) is 8.42 Å². The van der Waals surface area contributed by atoms with Crippen LogP contribution in [0.1, 0.15) is 20.3 Å². The van der Waals surface area contributed by atoms with Crippen molar-refractivity contribution in [3.8, 4) is 0 Å². The van der Waals surface area contributed by atoms with Crippen LogP contribution in [0.4, 0.5) is 0 Å². The maximum absolute atomic E-state index is 10.5. The lowest BCUT2D eigenvalue weighted by molar-refractivity contribution is 0.561. The van der Waals surface area contributed by atoms with Crippen molar-refractivity contribution in [2.45, 2.75) is 26.3 Å². The molecule has 0 aromatic carbocycles. The van der Waals surface area contributed by atoms with Crippen molar-refractivity contribution in [1.82, 2.24) is 4.72 Å². The van der Waals surface area contributed by atoms with Gasteiger partial charge in [-0.2, -0.15) is 0 Å². The van der Waals surface area contributed by atoms with E-state index in [0.29, 0.717) is 0 Å². The zero-order chi connectivity index (χ0) is 7.49. The maximum atomic E-state index is 10.5. The molecule has 0 unspecified atom stereocenters. The van der Waals surface area contributed by atoms with Gasteiger partial charge < -0.3 is 0 Å². The summed E-state index contributed by atoms with van der Waals surface area (Å²) in [7, 11) is -2.99. The van der Waals surface area contributed by atoms with E-state index in [1.165, 1.54) is 6.26 Å². The molecule has 0 saturated heterocycles. The Labute approximate surface area is 56.5 Å². The van der Waals surface area contributed by atoms with Crippen LogP contribution in [0.2, 0.25) is 0 Å². The molecule has 0 aliphatic heterocycles. The predicted molar refractivity (Wildman–Crippen MR) is 37.7 cm³/mol. The maximum Gasteiger partial charge on any atom is 0.208 e. The molecule has 1 atom stereocenters. The predicted octanol–water partition coefficient (Wildman–Crippen LogP) is 0.334. The van der Waals surface area contributed by atoms with Crippen LogP contribution in [-0.2, 0) is 10.0 Å². The minimum Gasteiger partial charge on any atom is -0.213 e. The largest absolute Gasteiger partial charge is 0.213 e. The van der Waals surface area contributed by atoms with E-state index >= 15 is 0 Å². The van der Waals surface area contributed by atoms with Gasteiger partial charge in [0.25, 0.3) is 0 Å². The summed E-state index contributed by atoms with van der Waals surface area (Å²) in [4.78, 5) is 0. The molecule has 4 heteroatoms. The highest BCUT2D eigenvalue weighted by molar-refractivity contribution is 7.88. The molecule has 0 spiro atoms. The van der Waals surface area contributed by atoms with Gasteiger partial charge in [0.15, 0.2) is 0 Å². The average Bonchev–Trinajstić information content (AvgIpc) is 1.62. The summed E-state index contributed by atoms with van der Waals surface area (Å²) in [6, 6.07) is 0.0556. The second-order valence-corrected chi connectivity index (χ2v) is 3.98. The first-order valence-electron chi connectivity index (χ1n) is 2.93. The topological polar surface area (TPSA) is 46.2 Å². The van der Waals surface area contributed by atoms with Crippen LogP contribution in [0.5, 0.6) is 0 Å². The van der Waals surface area contributed by atoms with Crippen molar-refractivity contribution in [2.24, 2.45) is 0 Å². The first-order chi connectivity index (χ1) is 3.95. The number of hydrogen-bond donors (Lipinski definition) is 1. The quantitative estimate of drug-likeness (QED) is 0.632.